The molecule has 1 N–H and O–H groups in total. The zero-order valence-electron chi connectivity index (χ0n) is 25.9. The normalized spacial score (nSPS) is 27.7. The number of likely N-dealkylation sites (tertiary alicyclic amines) is 1. The van der Waals surface area contributed by atoms with Crippen molar-refractivity contribution in [3.8, 4) is 0 Å². The number of aliphatic hydroxyl groups is 1. The average molecular weight is 596 g/mol. The van der Waals surface area contributed by atoms with Crippen molar-refractivity contribution in [1.29, 1.82) is 0 Å². The number of anilines is 1. The minimum atomic E-state index is -0.656. The molecule has 3 amide bonds. The Kier molecular flexibility index (Phi) is 10.3. The summed E-state index contributed by atoms with van der Waals surface area (Å²) in [7, 11) is 0. The van der Waals surface area contributed by atoms with Gasteiger partial charge in [-0.1, -0.05) is 44.1 Å². The van der Waals surface area contributed by atoms with Gasteiger partial charge in [-0.3, -0.25) is 14.4 Å². The van der Waals surface area contributed by atoms with Gasteiger partial charge in [0.1, 0.15) is 6.04 Å². The van der Waals surface area contributed by atoms with E-state index in [0.29, 0.717) is 26.2 Å². The van der Waals surface area contributed by atoms with E-state index in [1.54, 1.807) is 28.8 Å². The highest BCUT2D eigenvalue weighted by Gasteiger charge is 2.77. The van der Waals surface area contributed by atoms with Gasteiger partial charge in [-0.15, -0.1) is 24.9 Å². The van der Waals surface area contributed by atoms with Gasteiger partial charge in [0.15, 0.2) is 0 Å². The first kappa shape index (κ1) is 32.3. The first-order valence-corrected chi connectivity index (χ1v) is 16.4. The van der Waals surface area contributed by atoms with Crippen LogP contribution in [0.25, 0.3) is 0 Å². The summed E-state index contributed by atoms with van der Waals surface area (Å²) in [6.45, 7) is 18.1. The summed E-state index contributed by atoms with van der Waals surface area (Å²) in [5.41, 5.74) is 2.89. The van der Waals surface area contributed by atoms with Crippen molar-refractivity contribution in [1.82, 2.24) is 9.80 Å². The number of aryl methyl sites for hydroxylation is 2. The molecule has 1 spiro atoms. The van der Waals surface area contributed by atoms with Crippen LogP contribution in [-0.4, -0.2) is 80.9 Å². The summed E-state index contributed by atoms with van der Waals surface area (Å²) in [6, 6.07) is 5.45. The second kappa shape index (κ2) is 13.4. The third-order valence-electron chi connectivity index (χ3n) is 9.47. The molecule has 230 valence electrons. The van der Waals surface area contributed by atoms with Gasteiger partial charge in [0.25, 0.3) is 5.91 Å². The number of carbonyl (C=O) groups excluding carboxylic acids is 3. The first-order chi connectivity index (χ1) is 20.1. The van der Waals surface area contributed by atoms with E-state index in [2.05, 4.69) is 27.0 Å². The lowest BCUT2D eigenvalue weighted by molar-refractivity contribution is -0.145. The van der Waals surface area contributed by atoms with E-state index in [9.17, 15) is 19.5 Å². The molecule has 3 aliphatic rings. The fourth-order valence-corrected chi connectivity index (χ4v) is 9.92. The summed E-state index contributed by atoms with van der Waals surface area (Å²) in [5.74, 6) is -1.14. The second-order valence-electron chi connectivity index (χ2n) is 12.5. The summed E-state index contributed by atoms with van der Waals surface area (Å²) < 4.78 is -1.06. The summed E-state index contributed by atoms with van der Waals surface area (Å²) in [6.07, 6.45) is 9.08. The Morgan fingerprint density at radius 3 is 2.48 bits per heavy atom. The Balaban J connectivity index is 1.78. The Bertz CT molecular complexity index is 1200. The summed E-state index contributed by atoms with van der Waals surface area (Å²) in [4.78, 5) is 49.1. The molecule has 0 radical (unpaired) electrons. The number of hydrogen-bond acceptors (Lipinski definition) is 5. The molecule has 3 fully saturated rings. The number of rotatable bonds is 15. The number of benzene rings is 1. The number of amides is 3. The van der Waals surface area contributed by atoms with E-state index in [-0.39, 0.29) is 24.3 Å². The number of carbonyl (C=O) groups is 3. The van der Waals surface area contributed by atoms with Crippen molar-refractivity contribution in [2.24, 2.45) is 11.8 Å². The molecule has 0 saturated carbocycles. The minimum absolute atomic E-state index is 0.0140. The van der Waals surface area contributed by atoms with Gasteiger partial charge >= 0.3 is 0 Å². The first-order valence-electron chi connectivity index (χ1n) is 15.6. The molecule has 0 aromatic heterocycles. The molecule has 5 atom stereocenters. The second-order valence-corrected chi connectivity index (χ2v) is 14.4. The standard InChI is InChI=1S/C34H49N3O4S/c1-7-18-35(19-8-2)30(39)27-28-31(40)37(21-12-10-11-13-22-38)29(34(28)17-16-33(27,6)42-34)32(41)36(20-9-3)26-23-24(4)14-15-25(26)5/h7,9,14-15,23,27-29,38H,1,3,8,10-13,16-22H2,2,4-6H3/t27-,28-,29?,33+,34?/m0/s1. The third kappa shape index (κ3) is 5.69. The van der Waals surface area contributed by atoms with Crippen molar-refractivity contribution in [3.63, 3.8) is 0 Å². The van der Waals surface area contributed by atoms with Crippen LogP contribution in [0.2, 0.25) is 0 Å². The molecular formula is C34H49N3O4S. The molecule has 0 aliphatic carbocycles. The molecule has 1 aromatic carbocycles. The Hall–Kier alpha value is -2.58. The highest BCUT2D eigenvalue weighted by molar-refractivity contribution is 8.02. The van der Waals surface area contributed by atoms with Gasteiger partial charge in [0.2, 0.25) is 11.8 Å². The lowest BCUT2D eigenvalue weighted by Crippen LogP contribution is -2.55. The molecule has 2 bridgehead atoms. The lowest BCUT2D eigenvalue weighted by Gasteiger charge is -2.38. The zero-order valence-corrected chi connectivity index (χ0v) is 26.8. The van der Waals surface area contributed by atoms with Crippen LogP contribution in [0.5, 0.6) is 0 Å². The molecule has 42 heavy (non-hydrogen) atoms. The molecule has 4 rings (SSSR count). The van der Waals surface area contributed by atoms with Gasteiger partial charge in [0, 0.05) is 43.2 Å². The highest BCUT2D eigenvalue weighted by atomic mass is 32.2. The molecule has 2 unspecified atom stereocenters. The van der Waals surface area contributed by atoms with Gasteiger partial charge < -0.3 is 19.8 Å². The Morgan fingerprint density at radius 1 is 1.10 bits per heavy atom. The van der Waals surface area contributed by atoms with Crippen LogP contribution in [0.15, 0.2) is 43.5 Å². The number of nitrogens with zero attached hydrogens (tertiary/aromatic N) is 3. The molecule has 3 aliphatic heterocycles. The van der Waals surface area contributed by atoms with Gasteiger partial charge in [-0.2, -0.15) is 0 Å². The van der Waals surface area contributed by atoms with Crippen molar-refractivity contribution in [2.75, 3.05) is 37.7 Å². The van der Waals surface area contributed by atoms with Crippen LogP contribution in [0, 0.1) is 25.7 Å². The number of fused-ring (bicyclic) bond motifs is 1. The zero-order chi connectivity index (χ0) is 30.7. The summed E-state index contributed by atoms with van der Waals surface area (Å²) in [5, 5.41) is 9.23. The Labute approximate surface area is 256 Å². The van der Waals surface area contributed by atoms with Crippen LogP contribution in [0.4, 0.5) is 5.69 Å². The van der Waals surface area contributed by atoms with E-state index in [1.165, 1.54) is 0 Å². The Morgan fingerprint density at radius 2 is 1.81 bits per heavy atom. The SMILES string of the molecule is C=CCN(CCC)C(=O)[C@@H]1[C@H]2C(=O)N(CCCCCCO)C(C(=O)N(CC=C)c3cc(C)ccc3C)C23CC[C@@]1(C)S3. The quantitative estimate of drug-likeness (QED) is 0.220. The van der Waals surface area contributed by atoms with Crippen molar-refractivity contribution in [2.45, 2.75) is 88.2 Å². The number of thioether (sulfide) groups is 1. The smallest absolute Gasteiger partial charge is 0.251 e. The largest absolute Gasteiger partial charge is 0.396 e. The predicted molar refractivity (Wildman–Crippen MR) is 172 cm³/mol. The van der Waals surface area contributed by atoms with Gasteiger partial charge in [-0.05, 0) is 70.1 Å². The van der Waals surface area contributed by atoms with Gasteiger partial charge in [0.05, 0.1) is 16.6 Å². The van der Waals surface area contributed by atoms with E-state index in [4.69, 9.17) is 0 Å². The molecule has 8 heteroatoms. The van der Waals surface area contributed by atoms with Crippen LogP contribution < -0.4 is 4.90 Å². The van der Waals surface area contributed by atoms with E-state index < -0.39 is 27.4 Å². The monoisotopic (exact) mass is 595 g/mol. The van der Waals surface area contributed by atoms with Crippen molar-refractivity contribution >= 4 is 35.2 Å². The maximum Gasteiger partial charge on any atom is 0.251 e. The van der Waals surface area contributed by atoms with Crippen LogP contribution in [0.1, 0.15) is 69.9 Å². The van der Waals surface area contributed by atoms with Crippen LogP contribution >= 0.6 is 11.8 Å². The van der Waals surface area contributed by atoms with Crippen LogP contribution in [0.3, 0.4) is 0 Å². The average Bonchev–Trinajstić information content (AvgIpc) is 3.53. The third-order valence-corrected chi connectivity index (χ3v) is 11.5. The van der Waals surface area contributed by atoms with E-state index in [1.807, 2.05) is 41.8 Å². The molecule has 7 nitrogen and oxygen atoms in total. The molecule has 1 aromatic rings. The van der Waals surface area contributed by atoms with Crippen molar-refractivity contribution in [3.05, 3.63) is 54.6 Å². The van der Waals surface area contributed by atoms with Gasteiger partial charge in [-0.25, -0.2) is 0 Å². The highest BCUT2D eigenvalue weighted by Crippen LogP contribution is 2.71. The van der Waals surface area contributed by atoms with Crippen molar-refractivity contribution < 1.29 is 19.5 Å². The number of hydrogen-bond donors (Lipinski definition) is 1. The fourth-order valence-electron chi connectivity index (χ4n) is 7.58. The van der Waals surface area contributed by atoms with Crippen LogP contribution in [-0.2, 0) is 14.4 Å². The van der Waals surface area contributed by atoms with E-state index in [0.717, 1.165) is 61.8 Å². The maximum atomic E-state index is 14.9. The topological polar surface area (TPSA) is 81.2 Å². The lowest BCUT2D eigenvalue weighted by atomic mass is 9.66. The summed E-state index contributed by atoms with van der Waals surface area (Å²) >= 11 is 1.73. The molecule has 3 saturated heterocycles. The maximum absolute atomic E-state index is 14.9. The fraction of sp³-hybridized carbons (Fsp3) is 0.618. The number of aliphatic hydroxyl groups excluding tert-OH is 1. The predicted octanol–water partition coefficient (Wildman–Crippen LogP) is 5.28. The molecular weight excluding hydrogens is 546 g/mol. The number of unbranched alkanes of at least 4 members (excludes halogenated alkanes) is 3. The molecule has 3 heterocycles. The minimum Gasteiger partial charge on any atom is -0.396 e. The van der Waals surface area contributed by atoms with E-state index >= 15 is 0 Å².